The summed E-state index contributed by atoms with van der Waals surface area (Å²) in [5.74, 6) is -0.103. The molecule has 0 aromatic rings. The Morgan fingerprint density at radius 3 is 1.79 bits per heavy atom. The molecule has 0 aliphatic heterocycles. The maximum Gasteiger partial charge on any atom is 0.406 e. The van der Waals surface area contributed by atoms with Gasteiger partial charge in [-0.2, -0.15) is 13.2 Å². The molecule has 5 heteroatoms. The fourth-order valence-corrected chi connectivity index (χ4v) is 2.87. The summed E-state index contributed by atoms with van der Waals surface area (Å²) in [6, 6.07) is 0. The summed E-state index contributed by atoms with van der Waals surface area (Å²) in [4.78, 5) is 0. The summed E-state index contributed by atoms with van der Waals surface area (Å²) in [5, 5.41) is 0. The molecule has 84 valence electrons. The van der Waals surface area contributed by atoms with Crippen LogP contribution in [0.4, 0.5) is 13.2 Å². The number of rotatable bonds is 0. The van der Waals surface area contributed by atoms with Gasteiger partial charge in [0.05, 0.1) is 0 Å². The topological polar surface area (TPSA) is 26.0 Å². The molecule has 14 heavy (non-hydrogen) atoms. The Labute approximate surface area is 87.6 Å². The predicted octanol–water partition coefficient (Wildman–Crippen LogP) is 2.88. The molecule has 1 unspecified atom stereocenters. The van der Waals surface area contributed by atoms with E-state index in [1.807, 2.05) is 0 Å². The monoisotopic (exact) mass is 229 g/mol. The average Bonchev–Trinajstić information content (AvgIpc) is 2.04. The van der Waals surface area contributed by atoms with E-state index in [-0.39, 0.29) is 30.7 Å². The number of hydrogen-bond acceptors (Lipinski definition) is 1. The first kappa shape index (κ1) is 12.1. The Kier molecular flexibility index (Phi) is 3.08. The van der Waals surface area contributed by atoms with E-state index in [9.17, 15) is 13.2 Å². The van der Waals surface area contributed by atoms with Gasteiger partial charge in [-0.25, -0.2) is 0 Å². The molecule has 3 fully saturated rings. The van der Waals surface area contributed by atoms with Gasteiger partial charge in [0, 0.05) is 0 Å². The number of alkyl halides is 3. The van der Waals surface area contributed by atoms with Crippen molar-refractivity contribution >= 4 is 12.4 Å². The van der Waals surface area contributed by atoms with Crippen molar-refractivity contribution in [3.63, 3.8) is 0 Å². The van der Waals surface area contributed by atoms with Crippen molar-refractivity contribution in [2.45, 2.75) is 43.8 Å². The quantitative estimate of drug-likeness (QED) is 0.679. The predicted molar refractivity (Wildman–Crippen MR) is 50.3 cm³/mol. The molecule has 0 spiro atoms. The molecule has 3 rings (SSSR count). The summed E-state index contributed by atoms with van der Waals surface area (Å²) in [6.07, 6.45) is -0.835. The van der Waals surface area contributed by atoms with Gasteiger partial charge in [-0.15, -0.1) is 12.4 Å². The first-order valence-corrected chi connectivity index (χ1v) is 4.79. The van der Waals surface area contributed by atoms with E-state index in [4.69, 9.17) is 5.73 Å². The number of hydrogen-bond donors (Lipinski definition) is 1. The van der Waals surface area contributed by atoms with Gasteiger partial charge in [-0.3, -0.25) is 0 Å². The lowest BCUT2D eigenvalue weighted by Crippen LogP contribution is -2.63. The van der Waals surface area contributed by atoms with Crippen LogP contribution in [0, 0.1) is 11.8 Å². The fraction of sp³-hybridized carbons (Fsp3) is 1.00. The van der Waals surface area contributed by atoms with Crippen LogP contribution in [-0.4, -0.2) is 11.7 Å². The van der Waals surface area contributed by atoms with Gasteiger partial charge in [-0.05, 0) is 31.1 Å². The summed E-state index contributed by atoms with van der Waals surface area (Å²) in [5.41, 5.74) is 3.63. The molecule has 3 saturated carbocycles. The highest BCUT2D eigenvalue weighted by molar-refractivity contribution is 5.85. The molecule has 2 bridgehead atoms. The maximum atomic E-state index is 12.7. The van der Waals surface area contributed by atoms with E-state index in [0.717, 1.165) is 12.8 Å². The maximum absolute atomic E-state index is 12.7. The summed E-state index contributed by atoms with van der Waals surface area (Å²) in [7, 11) is 0. The van der Waals surface area contributed by atoms with E-state index in [1.165, 1.54) is 0 Å². The van der Waals surface area contributed by atoms with Gasteiger partial charge in [0.15, 0.2) is 0 Å². The van der Waals surface area contributed by atoms with E-state index in [1.54, 1.807) is 0 Å². The standard InChI is InChI=1S/C9H14F3N.ClH/c10-9(11,12)8(13)5-6-1-3-7(8)4-2-6;/h6-7H,1-5,13H2;1H. The highest BCUT2D eigenvalue weighted by atomic mass is 35.5. The molecule has 0 radical (unpaired) electrons. The molecule has 2 N–H and O–H groups in total. The van der Waals surface area contributed by atoms with E-state index < -0.39 is 11.7 Å². The molecular formula is C9H15ClF3N. The normalized spacial score (nSPS) is 42.0. The molecule has 3 aliphatic rings. The molecule has 0 aromatic heterocycles. The van der Waals surface area contributed by atoms with Gasteiger partial charge in [-0.1, -0.05) is 12.8 Å². The second-order valence-electron chi connectivity index (χ2n) is 4.46. The van der Waals surface area contributed by atoms with Crippen LogP contribution in [0.25, 0.3) is 0 Å². The number of fused-ring (bicyclic) bond motifs is 3. The number of nitrogens with two attached hydrogens (primary N) is 1. The zero-order chi connectivity index (χ0) is 9.69. The van der Waals surface area contributed by atoms with Gasteiger partial charge in [0.2, 0.25) is 0 Å². The first-order valence-electron chi connectivity index (χ1n) is 4.79. The van der Waals surface area contributed by atoms with Crippen LogP contribution in [0.2, 0.25) is 0 Å². The van der Waals surface area contributed by atoms with Crippen LogP contribution in [0.3, 0.4) is 0 Å². The molecule has 1 nitrogen and oxygen atoms in total. The molecule has 1 atom stereocenters. The summed E-state index contributed by atoms with van der Waals surface area (Å²) in [6.45, 7) is 0. The van der Waals surface area contributed by atoms with Crippen molar-refractivity contribution < 1.29 is 13.2 Å². The van der Waals surface area contributed by atoms with Crippen LogP contribution < -0.4 is 5.73 Å². The molecule has 0 heterocycles. The van der Waals surface area contributed by atoms with Crippen LogP contribution in [0.1, 0.15) is 32.1 Å². The van der Waals surface area contributed by atoms with E-state index >= 15 is 0 Å². The second kappa shape index (κ2) is 3.56. The minimum atomic E-state index is -4.21. The van der Waals surface area contributed by atoms with Gasteiger partial charge in [0.25, 0.3) is 0 Å². The lowest BCUT2D eigenvalue weighted by Gasteiger charge is -2.50. The lowest BCUT2D eigenvalue weighted by atomic mass is 9.60. The van der Waals surface area contributed by atoms with Crippen LogP contribution in [-0.2, 0) is 0 Å². The average molecular weight is 230 g/mol. The second-order valence-corrected chi connectivity index (χ2v) is 4.46. The van der Waals surface area contributed by atoms with Crippen LogP contribution in [0.15, 0.2) is 0 Å². The third kappa shape index (κ3) is 1.63. The van der Waals surface area contributed by atoms with E-state index in [0.29, 0.717) is 12.8 Å². The van der Waals surface area contributed by atoms with Crippen molar-refractivity contribution in [2.75, 3.05) is 0 Å². The van der Waals surface area contributed by atoms with Crippen molar-refractivity contribution in [1.82, 2.24) is 0 Å². The van der Waals surface area contributed by atoms with Gasteiger partial charge in [0.1, 0.15) is 5.54 Å². The third-order valence-electron chi connectivity index (χ3n) is 3.73. The van der Waals surface area contributed by atoms with Crippen molar-refractivity contribution in [3.8, 4) is 0 Å². The Hall–Kier alpha value is 0.0400. The lowest BCUT2D eigenvalue weighted by molar-refractivity contribution is -0.222. The third-order valence-corrected chi connectivity index (χ3v) is 3.73. The van der Waals surface area contributed by atoms with Crippen LogP contribution >= 0.6 is 12.4 Å². The van der Waals surface area contributed by atoms with Crippen molar-refractivity contribution in [2.24, 2.45) is 17.6 Å². The molecule has 0 amide bonds. The largest absolute Gasteiger partial charge is 0.406 e. The molecule has 3 aliphatic carbocycles. The Balaban J connectivity index is 0.000000980. The SMILES string of the molecule is Cl.NC1(C(F)(F)F)CC2CCC1CC2. The zero-order valence-corrected chi connectivity index (χ0v) is 8.63. The molecule has 0 saturated heterocycles. The first-order chi connectivity index (χ1) is 5.93. The van der Waals surface area contributed by atoms with Crippen molar-refractivity contribution in [1.29, 1.82) is 0 Å². The summed E-state index contributed by atoms with van der Waals surface area (Å²) >= 11 is 0. The fourth-order valence-electron chi connectivity index (χ4n) is 2.87. The van der Waals surface area contributed by atoms with Gasteiger partial charge < -0.3 is 5.73 Å². The minimum absolute atomic E-state index is 0. The highest BCUT2D eigenvalue weighted by Gasteiger charge is 2.60. The zero-order valence-electron chi connectivity index (χ0n) is 7.81. The van der Waals surface area contributed by atoms with Crippen LogP contribution in [0.5, 0.6) is 0 Å². The Morgan fingerprint density at radius 1 is 1.07 bits per heavy atom. The van der Waals surface area contributed by atoms with Gasteiger partial charge >= 0.3 is 6.18 Å². The Morgan fingerprint density at radius 2 is 1.57 bits per heavy atom. The summed E-state index contributed by atoms with van der Waals surface area (Å²) < 4.78 is 38.0. The minimum Gasteiger partial charge on any atom is -0.317 e. The smallest absolute Gasteiger partial charge is 0.317 e. The highest BCUT2D eigenvalue weighted by Crippen LogP contribution is 2.52. The molecule has 0 aromatic carbocycles. The molecular weight excluding hydrogens is 215 g/mol. The Bertz CT molecular complexity index is 211. The van der Waals surface area contributed by atoms with Crippen molar-refractivity contribution in [3.05, 3.63) is 0 Å². The number of halogens is 4. The van der Waals surface area contributed by atoms with E-state index in [2.05, 4.69) is 0 Å².